The van der Waals surface area contributed by atoms with Crippen molar-refractivity contribution in [2.45, 2.75) is 33.2 Å². The van der Waals surface area contributed by atoms with Crippen LogP contribution in [-0.4, -0.2) is 23.1 Å². The summed E-state index contributed by atoms with van der Waals surface area (Å²) in [6, 6.07) is 10.5. The van der Waals surface area contributed by atoms with Crippen LogP contribution in [0.1, 0.15) is 30.9 Å². The predicted octanol–water partition coefficient (Wildman–Crippen LogP) is 3.63. The van der Waals surface area contributed by atoms with E-state index in [2.05, 4.69) is 58.3 Å². The molecule has 22 heavy (non-hydrogen) atoms. The number of nitrogens with zero attached hydrogens (tertiary/aromatic N) is 3. The number of benzene rings is 1. The number of nitrogens with one attached hydrogen (secondary N) is 1. The average molecular weight is 296 g/mol. The van der Waals surface area contributed by atoms with Crippen molar-refractivity contribution in [1.82, 2.24) is 9.97 Å². The fourth-order valence-electron chi connectivity index (χ4n) is 2.82. The molecule has 1 aliphatic rings. The quantitative estimate of drug-likeness (QED) is 0.935. The molecule has 3 rings (SSSR count). The highest BCUT2D eigenvalue weighted by Gasteiger charge is 2.17. The molecule has 0 spiro atoms. The predicted molar refractivity (Wildman–Crippen MR) is 91.1 cm³/mol. The zero-order valence-electron chi connectivity index (χ0n) is 13.4. The topological polar surface area (TPSA) is 41.1 Å². The van der Waals surface area contributed by atoms with Crippen molar-refractivity contribution >= 4 is 11.8 Å². The van der Waals surface area contributed by atoms with Crippen molar-refractivity contribution < 1.29 is 0 Å². The molecular formula is C18H24N4. The second-order valence-electron chi connectivity index (χ2n) is 6.25. The Kier molecular flexibility index (Phi) is 4.56. The molecule has 0 unspecified atom stereocenters. The summed E-state index contributed by atoms with van der Waals surface area (Å²) in [4.78, 5) is 11.4. The van der Waals surface area contributed by atoms with Gasteiger partial charge in [0.05, 0.1) is 0 Å². The summed E-state index contributed by atoms with van der Waals surface area (Å²) < 4.78 is 0. The maximum Gasteiger partial charge on any atom is 0.227 e. The summed E-state index contributed by atoms with van der Waals surface area (Å²) in [7, 11) is 0. The molecule has 0 bridgehead atoms. The number of piperidine rings is 1. The van der Waals surface area contributed by atoms with Crippen LogP contribution >= 0.6 is 0 Å². The second kappa shape index (κ2) is 6.77. The smallest absolute Gasteiger partial charge is 0.227 e. The van der Waals surface area contributed by atoms with Gasteiger partial charge in [0.15, 0.2) is 0 Å². The van der Waals surface area contributed by atoms with E-state index in [1.54, 1.807) is 0 Å². The molecule has 1 N–H and O–H groups in total. The number of aryl methyl sites for hydroxylation is 1. The van der Waals surface area contributed by atoms with Crippen LogP contribution in [0, 0.1) is 12.8 Å². The van der Waals surface area contributed by atoms with Crippen molar-refractivity contribution in [3.63, 3.8) is 0 Å². The zero-order valence-corrected chi connectivity index (χ0v) is 13.4. The van der Waals surface area contributed by atoms with Crippen LogP contribution < -0.4 is 10.2 Å². The van der Waals surface area contributed by atoms with Crippen molar-refractivity contribution in [1.29, 1.82) is 0 Å². The van der Waals surface area contributed by atoms with E-state index in [1.165, 1.54) is 24.0 Å². The van der Waals surface area contributed by atoms with Gasteiger partial charge in [0, 0.05) is 25.8 Å². The van der Waals surface area contributed by atoms with Gasteiger partial charge >= 0.3 is 0 Å². The van der Waals surface area contributed by atoms with E-state index in [1.807, 2.05) is 12.3 Å². The Bertz CT molecular complexity index is 618. The average Bonchev–Trinajstić information content (AvgIpc) is 2.54. The van der Waals surface area contributed by atoms with Crippen LogP contribution in [-0.2, 0) is 6.54 Å². The Hall–Kier alpha value is -2.10. The Morgan fingerprint density at radius 2 is 2.05 bits per heavy atom. The molecule has 4 heteroatoms. The summed E-state index contributed by atoms with van der Waals surface area (Å²) in [5, 5.41) is 3.40. The van der Waals surface area contributed by atoms with Crippen molar-refractivity contribution in [2.75, 3.05) is 23.3 Å². The number of hydrogen-bond donors (Lipinski definition) is 1. The molecule has 0 saturated carbocycles. The van der Waals surface area contributed by atoms with Crippen LogP contribution in [0.3, 0.4) is 0 Å². The standard InChI is InChI=1S/C18H24N4/c1-14-7-10-22(11-8-14)18-19-9-6-17(21-18)20-13-16-5-3-4-15(2)12-16/h3-6,9,12,14H,7-8,10-11,13H2,1-2H3,(H,19,20,21). The third kappa shape index (κ3) is 3.75. The molecule has 1 aromatic heterocycles. The van der Waals surface area contributed by atoms with Gasteiger partial charge in [0.2, 0.25) is 5.95 Å². The maximum atomic E-state index is 4.66. The van der Waals surface area contributed by atoms with Gasteiger partial charge in [-0.2, -0.15) is 4.98 Å². The number of anilines is 2. The lowest BCUT2D eigenvalue weighted by Crippen LogP contribution is -2.34. The molecule has 1 saturated heterocycles. The third-order valence-corrected chi connectivity index (χ3v) is 4.27. The van der Waals surface area contributed by atoms with Crippen LogP contribution in [0.25, 0.3) is 0 Å². The first-order valence-corrected chi connectivity index (χ1v) is 8.08. The van der Waals surface area contributed by atoms with E-state index in [4.69, 9.17) is 0 Å². The SMILES string of the molecule is Cc1cccc(CNc2ccnc(N3CCC(C)CC3)n2)c1. The van der Waals surface area contributed by atoms with Gasteiger partial charge in [-0.25, -0.2) is 4.98 Å². The largest absolute Gasteiger partial charge is 0.366 e. The molecular weight excluding hydrogens is 272 g/mol. The monoisotopic (exact) mass is 296 g/mol. The van der Waals surface area contributed by atoms with E-state index < -0.39 is 0 Å². The molecule has 1 aliphatic heterocycles. The number of rotatable bonds is 4. The van der Waals surface area contributed by atoms with Gasteiger partial charge in [-0.3, -0.25) is 0 Å². The minimum absolute atomic E-state index is 0.787. The van der Waals surface area contributed by atoms with Gasteiger partial charge in [-0.05, 0) is 37.3 Å². The Balaban J connectivity index is 1.64. The van der Waals surface area contributed by atoms with E-state index in [9.17, 15) is 0 Å². The van der Waals surface area contributed by atoms with Crippen LogP contribution in [0.4, 0.5) is 11.8 Å². The molecule has 0 radical (unpaired) electrons. The van der Waals surface area contributed by atoms with Gasteiger partial charge in [-0.1, -0.05) is 36.8 Å². The zero-order chi connectivity index (χ0) is 15.4. The third-order valence-electron chi connectivity index (χ3n) is 4.27. The Morgan fingerprint density at radius 3 is 2.82 bits per heavy atom. The van der Waals surface area contributed by atoms with E-state index in [0.717, 1.165) is 37.3 Å². The Morgan fingerprint density at radius 1 is 1.23 bits per heavy atom. The highest BCUT2D eigenvalue weighted by atomic mass is 15.3. The molecule has 0 aliphatic carbocycles. The first-order valence-electron chi connectivity index (χ1n) is 8.08. The summed E-state index contributed by atoms with van der Waals surface area (Å²) >= 11 is 0. The fraction of sp³-hybridized carbons (Fsp3) is 0.444. The molecule has 2 aromatic rings. The van der Waals surface area contributed by atoms with Crippen LogP contribution in [0.15, 0.2) is 36.5 Å². The van der Waals surface area contributed by atoms with E-state index in [-0.39, 0.29) is 0 Å². The Labute approximate surface area is 132 Å². The van der Waals surface area contributed by atoms with Gasteiger partial charge in [0.1, 0.15) is 5.82 Å². The lowest BCUT2D eigenvalue weighted by atomic mass is 10.00. The van der Waals surface area contributed by atoms with Gasteiger partial charge in [0.25, 0.3) is 0 Å². The molecule has 0 amide bonds. The highest BCUT2D eigenvalue weighted by molar-refractivity contribution is 5.42. The first-order chi connectivity index (χ1) is 10.7. The van der Waals surface area contributed by atoms with Crippen molar-refractivity contribution in [3.8, 4) is 0 Å². The van der Waals surface area contributed by atoms with Gasteiger partial charge in [-0.15, -0.1) is 0 Å². The van der Waals surface area contributed by atoms with Crippen molar-refractivity contribution in [3.05, 3.63) is 47.7 Å². The normalized spacial score (nSPS) is 15.8. The van der Waals surface area contributed by atoms with Crippen LogP contribution in [0.2, 0.25) is 0 Å². The number of hydrogen-bond acceptors (Lipinski definition) is 4. The summed E-state index contributed by atoms with van der Waals surface area (Å²) in [6.45, 7) is 7.34. The second-order valence-corrected chi connectivity index (χ2v) is 6.25. The molecule has 1 aromatic carbocycles. The summed E-state index contributed by atoms with van der Waals surface area (Å²) in [5.41, 5.74) is 2.55. The van der Waals surface area contributed by atoms with Crippen molar-refractivity contribution in [2.24, 2.45) is 5.92 Å². The lowest BCUT2D eigenvalue weighted by Gasteiger charge is -2.30. The molecule has 2 heterocycles. The minimum atomic E-state index is 0.787. The maximum absolute atomic E-state index is 4.66. The molecule has 0 atom stereocenters. The highest BCUT2D eigenvalue weighted by Crippen LogP contribution is 2.20. The summed E-state index contributed by atoms with van der Waals surface area (Å²) in [6.07, 6.45) is 4.30. The lowest BCUT2D eigenvalue weighted by molar-refractivity contribution is 0.434. The number of aromatic nitrogens is 2. The first kappa shape index (κ1) is 14.8. The molecule has 116 valence electrons. The van der Waals surface area contributed by atoms with Crippen LogP contribution in [0.5, 0.6) is 0 Å². The van der Waals surface area contributed by atoms with E-state index in [0.29, 0.717) is 0 Å². The molecule has 4 nitrogen and oxygen atoms in total. The fourth-order valence-corrected chi connectivity index (χ4v) is 2.82. The summed E-state index contributed by atoms with van der Waals surface area (Å²) in [5.74, 6) is 2.56. The van der Waals surface area contributed by atoms with E-state index >= 15 is 0 Å². The van der Waals surface area contributed by atoms with Gasteiger partial charge < -0.3 is 10.2 Å². The minimum Gasteiger partial charge on any atom is -0.366 e. The molecule has 1 fully saturated rings.